The number of fused-ring (bicyclic) bond motifs is 1. The summed E-state index contributed by atoms with van der Waals surface area (Å²) in [6.45, 7) is 0.659. The smallest absolute Gasteiger partial charge is 0.264 e. The Kier molecular flexibility index (Phi) is 4.39. The highest BCUT2D eigenvalue weighted by molar-refractivity contribution is 7.12. The Bertz CT molecular complexity index is 1200. The molecule has 1 amide bonds. The monoisotopic (exact) mass is 410 g/mol. The molecule has 5 rings (SSSR count). The van der Waals surface area contributed by atoms with E-state index in [1.165, 1.54) is 23.5 Å². The topological polar surface area (TPSA) is 46.3 Å². The van der Waals surface area contributed by atoms with E-state index in [0.29, 0.717) is 39.5 Å². The van der Waals surface area contributed by atoms with E-state index in [1.54, 1.807) is 23.1 Å². The maximum Gasteiger partial charge on any atom is 0.264 e. The molecule has 7 heteroatoms. The number of carbonyl (C=O) groups excluding carboxylic acids is 1. The lowest BCUT2D eigenvalue weighted by Gasteiger charge is -2.21. The summed E-state index contributed by atoms with van der Waals surface area (Å²) in [6.07, 6.45) is 1.66. The molecule has 1 saturated heterocycles. The second kappa shape index (κ2) is 7.08. The van der Waals surface area contributed by atoms with Crippen molar-refractivity contribution in [3.05, 3.63) is 76.3 Å². The SMILES string of the molecule is O=C(c1cccs1)N1CCC[C@H]1c1nc2cc(-c3ccc(F)cc3F)ccc2o1. The van der Waals surface area contributed by atoms with Crippen LogP contribution in [0.25, 0.3) is 22.2 Å². The van der Waals surface area contributed by atoms with Gasteiger partial charge in [-0.05, 0) is 54.1 Å². The van der Waals surface area contributed by atoms with Crippen molar-refractivity contribution in [2.45, 2.75) is 18.9 Å². The summed E-state index contributed by atoms with van der Waals surface area (Å²) in [5.74, 6) is -0.776. The van der Waals surface area contributed by atoms with Gasteiger partial charge in [-0.1, -0.05) is 12.1 Å². The number of carbonyl (C=O) groups is 1. The number of nitrogens with zero attached hydrogens (tertiary/aromatic N) is 2. The van der Waals surface area contributed by atoms with Crippen molar-refractivity contribution in [3.8, 4) is 11.1 Å². The number of hydrogen-bond donors (Lipinski definition) is 0. The van der Waals surface area contributed by atoms with Gasteiger partial charge in [-0.25, -0.2) is 13.8 Å². The fraction of sp³-hybridized carbons (Fsp3) is 0.182. The molecule has 1 aliphatic heterocycles. The van der Waals surface area contributed by atoms with Gasteiger partial charge in [0.25, 0.3) is 5.91 Å². The Morgan fingerprint density at radius 3 is 2.86 bits per heavy atom. The lowest BCUT2D eigenvalue weighted by Crippen LogP contribution is -2.30. The lowest BCUT2D eigenvalue weighted by molar-refractivity contribution is 0.0722. The normalized spacial score (nSPS) is 16.6. The third-order valence-corrected chi connectivity index (χ3v) is 6.03. The van der Waals surface area contributed by atoms with Gasteiger partial charge in [-0.15, -0.1) is 11.3 Å². The number of amides is 1. The first kappa shape index (κ1) is 18.0. The van der Waals surface area contributed by atoms with E-state index in [-0.39, 0.29) is 11.9 Å². The zero-order valence-corrected chi connectivity index (χ0v) is 16.1. The number of halogens is 2. The number of oxazole rings is 1. The van der Waals surface area contributed by atoms with E-state index in [2.05, 4.69) is 4.98 Å². The molecule has 1 fully saturated rings. The molecule has 1 aliphatic rings. The molecule has 0 aliphatic carbocycles. The van der Waals surface area contributed by atoms with Gasteiger partial charge in [0.15, 0.2) is 5.58 Å². The number of aromatic nitrogens is 1. The number of likely N-dealkylation sites (tertiary alicyclic amines) is 1. The van der Waals surface area contributed by atoms with Crippen molar-refractivity contribution >= 4 is 28.3 Å². The third kappa shape index (κ3) is 3.21. The molecular formula is C22H16F2N2O2S. The van der Waals surface area contributed by atoms with Gasteiger partial charge in [0, 0.05) is 18.2 Å². The van der Waals surface area contributed by atoms with Crippen LogP contribution in [0.15, 0.2) is 58.3 Å². The average molecular weight is 410 g/mol. The summed E-state index contributed by atoms with van der Waals surface area (Å²) in [5.41, 5.74) is 2.04. The molecule has 0 unspecified atom stereocenters. The Labute approximate surface area is 169 Å². The van der Waals surface area contributed by atoms with Crippen LogP contribution < -0.4 is 0 Å². The second-order valence-electron chi connectivity index (χ2n) is 6.99. The summed E-state index contributed by atoms with van der Waals surface area (Å²) in [6, 6.07) is 12.1. The molecule has 0 bridgehead atoms. The minimum atomic E-state index is -0.628. The van der Waals surface area contributed by atoms with Crippen molar-refractivity contribution in [3.63, 3.8) is 0 Å². The number of rotatable bonds is 3. The van der Waals surface area contributed by atoms with Gasteiger partial charge in [0.05, 0.1) is 4.88 Å². The van der Waals surface area contributed by atoms with Crippen LogP contribution in [0.4, 0.5) is 8.78 Å². The van der Waals surface area contributed by atoms with Gasteiger partial charge in [0.2, 0.25) is 5.89 Å². The van der Waals surface area contributed by atoms with E-state index in [9.17, 15) is 13.6 Å². The van der Waals surface area contributed by atoms with E-state index < -0.39 is 11.6 Å². The summed E-state index contributed by atoms with van der Waals surface area (Å²) >= 11 is 1.42. The number of thiophene rings is 1. The third-order valence-electron chi connectivity index (χ3n) is 5.18. The Morgan fingerprint density at radius 1 is 1.17 bits per heavy atom. The van der Waals surface area contributed by atoms with Crippen LogP contribution in [0, 0.1) is 11.6 Å². The average Bonchev–Trinajstić information content (AvgIpc) is 3.46. The molecule has 4 nitrogen and oxygen atoms in total. The number of benzene rings is 2. The molecule has 2 aromatic carbocycles. The number of hydrogen-bond acceptors (Lipinski definition) is 4. The van der Waals surface area contributed by atoms with Gasteiger partial charge < -0.3 is 9.32 Å². The maximum absolute atomic E-state index is 14.1. The second-order valence-corrected chi connectivity index (χ2v) is 7.94. The molecule has 29 heavy (non-hydrogen) atoms. The summed E-state index contributed by atoms with van der Waals surface area (Å²) in [4.78, 5) is 19.9. The van der Waals surface area contributed by atoms with E-state index in [0.717, 1.165) is 18.9 Å². The molecule has 0 radical (unpaired) electrons. The van der Waals surface area contributed by atoms with E-state index in [1.807, 2.05) is 17.5 Å². The quantitative estimate of drug-likeness (QED) is 0.428. The van der Waals surface area contributed by atoms with Gasteiger partial charge >= 0.3 is 0 Å². The summed E-state index contributed by atoms with van der Waals surface area (Å²) in [5, 5.41) is 1.88. The standard InChI is InChI=1S/C22H16F2N2O2S/c23-14-6-7-15(16(24)12-14)13-5-8-19-17(11-13)25-21(28-19)18-3-1-9-26(18)22(27)20-4-2-10-29-20/h2,4-8,10-12,18H,1,3,9H2/t18-/m0/s1. The zero-order chi connectivity index (χ0) is 20.0. The Morgan fingerprint density at radius 2 is 2.07 bits per heavy atom. The largest absolute Gasteiger partial charge is 0.438 e. The zero-order valence-electron chi connectivity index (χ0n) is 15.3. The molecule has 0 saturated carbocycles. The fourth-order valence-electron chi connectivity index (χ4n) is 3.79. The van der Waals surface area contributed by atoms with Crippen LogP contribution in [0.5, 0.6) is 0 Å². The summed E-state index contributed by atoms with van der Waals surface area (Å²) < 4.78 is 33.3. The van der Waals surface area contributed by atoms with Crippen molar-refractivity contribution < 1.29 is 18.0 Å². The Hall–Kier alpha value is -3.06. The Balaban J connectivity index is 1.49. The predicted octanol–water partition coefficient (Wildman–Crippen LogP) is 5.81. The fourth-order valence-corrected chi connectivity index (χ4v) is 4.47. The summed E-state index contributed by atoms with van der Waals surface area (Å²) in [7, 11) is 0. The van der Waals surface area contributed by atoms with Crippen molar-refractivity contribution in [1.82, 2.24) is 9.88 Å². The minimum Gasteiger partial charge on any atom is -0.438 e. The first-order chi connectivity index (χ1) is 14.1. The molecule has 4 aromatic rings. The first-order valence-electron chi connectivity index (χ1n) is 9.30. The highest BCUT2D eigenvalue weighted by Gasteiger charge is 2.34. The first-order valence-corrected chi connectivity index (χ1v) is 10.2. The van der Waals surface area contributed by atoms with Crippen LogP contribution in [0.3, 0.4) is 0 Å². The van der Waals surface area contributed by atoms with Crippen LogP contribution in [0.2, 0.25) is 0 Å². The lowest BCUT2D eigenvalue weighted by atomic mass is 10.0. The molecular weight excluding hydrogens is 394 g/mol. The van der Waals surface area contributed by atoms with E-state index in [4.69, 9.17) is 4.42 Å². The minimum absolute atomic E-state index is 0.0150. The van der Waals surface area contributed by atoms with Crippen LogP contribution in [-0.2, 0) is 0 Å². The molecule has 1 atom stereocenters. The van der Waals surface area contributed by atoms with Crippen molar-refractivity contribution in [2.24, 2.45) is 0 Å². The predicted molar refractivity (Wildman–Crippen MR) is 107 cm³/mol. The molecule has 0 N–H and O–H groups in total. The van der Waals surface area contributed by atoms with Crippen LogP contribution in [-0.4, -0.2) is 22.3 Å². The van der Waals surface area contributed by atoms with Crippen molar-refractivity contribution in [2.75, 3.05) is 6.54 Å². The molecule has 3 heterocycles. The van der Waals surface area contributed by atoms with E-state index >= 15 is 0 Å². The van der Waals surface area contributed by atoms with Gasteiger partial charge in [0.1, 0.15) is 23.2 Å². The van der Waals surface area contributed by atoms with Gasteiger partial charge in [-0.3, -0.25) is 4.79 Å². The highest BCUT2D eigenvalue weighted by Crippen LogP contribution is 2.36. The molecule has 2 aromatic heterocycles. The van der Waals surface area contributed by atoms with Crippen molar-refractivity contribution in [1.29, 1.82) is 0 Å². The van der Waals surface area contributed by atoms with Crippen LogP contribution in [0.1, 0.15) is 34.4 Å². The maximum atomic E-state index is 14.1. The van der Waals surface area contributed by atoms with Gasteiger partial charge in [-0.2, -0.15) is 0 Å². The molecule has 0 spiro atoms. The molecule has 146 valence electrons. The van der Waals surface area contributed by atoms with Crippen LogP contribution >= 0.6 is 11.3 Å². The highest BCUT2D eigenvalue weighted by atomic mass is 32.1.